The Morgan fingerprint density at radius 2 is 1.77 bits per heavy atom. The lowest BCUT2D eigenvalue weighted by atomic mass is 9.98. The number of benzene rings is 1. The first-order chi connectivity index (χ1) is 10.4. The van der Waals surface area contributed by atoms with E-state index >= 15 is 0 Å². The molecule has 1 heterocycles. The summed E-state index contributed by atoms with van der Waals surface area (Å²) in [7, 11) is 0. The Morgan fingerprint density at radius 3 is 2.36 bits per heavy atom. The van der Waals surface area contributed by atoms with Crippen molar-refractivity contribution in [3.05, 3.63) is 29.8 Å². The second kappa shape index (κ2) is 7.32. The van der Waals surface area contributed by atoms with Gasteiger partial charge in [0.05, 0.1) is 6.61 Å². The van der Waals surface area contributed by atoms with E-state index in [1.807, 2.05) is 31.2 Å². The molecule has 0 radical (unpaired) electrons. The number of hydrogen-bond donors (Lipinski definition) is 6. The van der Waals surface area contributed by atoms with Gasteiger partial charge < -0.3 is 35.8 Å². The highest BCUT2D eigenvalue weighted by Crippen LogP contribution is 2.20. The molecule has 5 atom stereocenters. The average molecular weight is 328 g/mol. The van der Waals surface area contributed by atoms with Gasteiger partial charge in [0.2, 0.25) is 0 Å². The maximum atomic E-state index is 9.91. The molecule has 0 aliphatic carbocycles. The van der Waals surface area contributed by atoms with Crippen molar-refractivity contribution in [2.24, 2.45) is 0 Å². The molecule has 1 aliphatic heterocycles. The maximum Gasteiger partial charge on any atom is 0.172 e. The van der Waals surface area contributed by atoms with Crippen LogP contribution in [0.25, 0.3) is 0 Å². The van der Waals surface area contributed by atoms with Crippen molar-refractivity contribution < 1.29 is 25.2 Å². The van der Waals surface area contributed by atoms with E-state index in [4.69, 9.17) is 22.1 Å². The Hall–Kier alpha value is -1.29. The van der Waals surface area contributed by atoms with E-state index in [2.05, 4.69) is 10.6 Å². The van der Waals surface area contributed by atoms with Gasteiger partial charge in [0.25, 0.3) is 0 Å². The number of rotatable bonds is 3. The molecule has 7 nitrogen and oxygen atoms in total. The SMILES string of the molecule is Cc1ccc(NC(=S)N[C@@H]2O[C@H](CO)[C@@H](O)[C@H](O)[C@H]2O)cc1. The summed E-state index contributed by atoms with van der Waals surface area (Å²) in [4.78, 5) is 0. The number of anilines is 1. The highest BCUT2D eigenvalue weighted by atomic mass is 32.1. The van der Waals surface area contributed by atoms with Crippen LogP contribution in [0.2, 0.25) is 0 Å². The molecule has 0 unspecified atom stereocenters. The molecule has 0 amide bonds. The van der Waals surface area contributed by atoms with Gasteiger partial charge >= 0.3 is 0 Å². The molecule has 1 aliphatic rings. The summed E-state index contributed by atoms with van der Waals surface area (Å²) in [6.45, 7) is 1.48. The smallest absolute Gasteiger partial charge is 0.172 e. The van der Waals surface area contributed by atoms with E-state index in [1.54, 1.807) is 0 Å². The lowest BCUT2D eigenvalue weighted by molar-refractivity contribution is -0.232. The number of nitrogens with one attached hydrogen (secondary N) is 2. The third-order valence-electron chi connectivity index (χ3n) is 3.48. The normalized spacial score (nSPS) is 31.6. The standard InChI is InChI=1S/C14H20N2O5S/c1-7-2-4-8(5-3-7)15-14(22)16-13-12(20)11(19)10(18)9(6-17)21-13/h2-5,9-13,17-20H,6H2,1H3,(H2,15,16,22)/t9-,10-,11+,12-,13-/m1/s1. The number of aliphatic hydroxyl groups excluding tert-OH is 4. The third kappa shape index (κ3) is 3.92. The summed E-state index contributed by atoms with van der Waals surface area (Å²) in [5, 5.41) is 44.3. The molecule has 1 fully saturated rings. The van der Waals surface area contributed by atoms with Gasteiger partial charge in [-0.15, -0.1) is 0 Å². The quantitative estimate of drug-likeness (QED) is 0.395. The fraction of sp³-hybridized carbons (Fsp3) is 0.500. The fourth-order valence-corrected chi connectivity index (χ4v) is 2.39. The number of thiocarbonyl (C=S) groups is 1. The highest BCUT2D eigenvalue weighted by Gasteiger charge is 2.43. The van der Waals surface area contributed by atoms with Crippen molar-refractivity contribution in [2.75, 3.05) is 11.9 Å². The van der Waals surface area contributed by atoms with Crippen LogP contribution in [-0.4, -0.2) is 62.8 Å². The van der Waals surface area contributed by atoms with E-state index < -0.39 is 37.3 Å². The van der Waals surface area contributed by atoms with Gasteiger partial charge in [0, 0.05) is 5.69 Å². The molecule has 6 N–H and O–H groups in total. The Balaban J connectivity index is 1.96. The zero-order valence-corrected chi connectivity index (χ0v) is 12.8. The van der Waals surface area contributed by atoms with E-state index in [1.165, 1.54) is 0 Å². The second-order valence-electron chi connectivity index (χ2n) is 5.21. The van der Waals surface area contributed by atoms with Crippen LogP contribution in [0, 0.1) is 6.92 Å². The van der Waals surface area contributed by atoms with Gasteiger partial charge in [0.1, 0.15) is 24.4 Å². The average Bonchev–Trinajstić information content (AvgIpc) is 2.50. The van der Waals surface area contributed by atoms with Crippen molar-refractivity contribution in [2.45, 2.75) is 37.6 Å². The number of aliphatic hydroxyl groups is 4. The van der Waals surface area contributed by atoms with Crippen LogP contribution in [0.3, 0.4) is 0 Å². The molecule has 0 saturated carbocycles. The molecule has 1 aromatic rings. The first-order valence-electron chi connectivity index (χ1n) is 6.87. The Bertz CT molecular complexity index is 510. The molecule has 0 spiro atoms. The van der Waals surface area contributed by atoms with Crippen molar-refractivity contribution in [3.8, 4) is 0 Å². The monoisotopic (exact) mass is 328 g/mol. The van der Waals surface area contributed by atoms with Crippen molar-refractivity contribution in [3.63, 3.8) is 0 Å². The van der Waals surface area contributed by atoms with Gasteiger partial charge in [-0.3, -0.25) is 0 Å². The van der Waals surface area contributed by atoms with Crippen LogP contribution < -0.4 is 10.6 Å². The van der Waals surface area contributed by atoms with Crippen molar-refractivity contribution >= 4 is 23.0 Å². The summed E-state index contributed by atoms with van der Waals surface area (Å²) in [6, 6.07) is 7.52. The number of ether oxygens (including phenoxy) is 1. The van der Waals surface area contributed by atoms with E-state index in [-0.39, 0.29) is 5.11 Å². The van der Waals surface area contributed by atoms with Crippen molar-refractivity contribution in [1.82, 2.24) is 5.32 Å². The predicted octanol–water partition coefficient (Wildman–Crippen LogP) is -0.919. The topological polar surface area (TPSA) is 114 Å². The van der Waals surface area contributed by atoms with Crippen LogP contribution in [0.5, 0.6) is 0 Å². The predicted molar refractivity (Wildman–Crippen MR) is 84.3 cm³/mol. The molecule has 2 rings (SSSR count). The number of aryl methyl sites for hydroxylation is 1. The molecule has 122 valence electrons. The first kappa shape index (κ1) is 17.1. The van der Waals surface area contributed by atoms with Crippen LogP contribution in [0.15, 0.2) is 24.3 Å². The third-order valence-corrected chi connectivity index (χ3v) is 3.69. The van der Waals surface area contributed by atoms with E-state index in [0.717, 1.165) is 11.3 Å². The van der Waals surface area contributed by atoms with Crippen LogP contribution >= 0.6 is 12.2 Å². The minimum absolute atomic E-state index is 0.188. The molecule has 1 aromatic carbocycles. The fourth-order valence-electron chi connectivity index (χ4n) is 2.15. The summed E-state index contributed by atoms with van der Waals surface area (Å²) in [5.74, 6) is 0. The lowest BCUT2D eigenvalue weighted by Gasteiger charge is -2.40. The zero-order valence-electron chi connectivity index (χ0n) is 12.0. The minimum Gasteiger partial charge on any atom is -0.394 e. The summed E-state index contributed by atoms with van der Waals surface area (Å²) in [6.07, 6.45) is -6.23. The molecule has 1 saturated heterocycles. The molecular weight excluding hydrogens is 308 g/mol. The lowest BCUT2D eigenvalue weighted by Crippen LogP contribution is -2.63. The second-order valence-corrected chi connectivity index (χ2v) is 5.62. The van der Waals surface area contributed by atoms with Crippen LogP contribution in [0.4, 0.5) is 5.69 Å². The van der Waals surface area contributed by atoms with Crippen molar-refractivity contribution in [1.29, 1.82) is 0 Å². The summed E-state index contributed by atoms with van der Waals surface area (Å²) >= 11 is 5.13. The highest BCUT2D eigenvalue weighted by molar-refractivity contribution is 7.80. The molecule has 8 heteroatoms. The van der Waals surface area contributed by atoms with Gasteiger partial charge in [-0.25, -0.2) is 0 Å². The van der Waals surface area contributed by atoms with Gasteiger partial charge in [-0.2, -0.15) is 0 Å². The van der Waals surface area contributed by atoms with E-state index in [0.29, 0.717) is 0 Å². The van der Waals surface area contributed by atoms with Crippen LogP contribution in [0.1, 0.15) is 5.56 Å². The zero-order chi connectivity index (χ0) is 16.3. The largest absolute Gasteiger partial charge is 0.394 e. The van der Waals surface area contributed by atoms with Crippen LogP contribution in [-0.2, 0) is 4.74 Å². The minimum atomic E-state index is -1.44. The van der Waals surface area contributed by atoms with Gasteiger partial charge in [-0.05, 0) is 31.3 Å². The van der Waals surface area contributed by atoms with Gasteiger partial charge in [0.15, 0.2) is 11.3 Å². The molecule has 0 aromatic heterocycles. The summed E-state index contributed by atoms with van der Waals surface area (Å²) in [5.41, 5.74) is 1.87. The molecular formula is C14H20N2O5S. The molecule has 0 bridgehead atoms. The Labute approximate surface area is 133 Å². The summed E-state index contributed by atoms with van der Waals surface area (Å²) < 4.78 is 5.31. The Kier molecular flexibility index (Phi) is 5.68. The van der Waals surface area contributed by atoms with Gasteiger partial charge in [-0.1, -0.05) is 17.7 Å². The Morgan fingerprint density at radius 1 is 1.14 bits per heavy atom. The van der Waals surface area contributed by atoms with E-state index in [9.17, 15) is 15.3 Å². The molecule has 22 heavy (non-hydrogen) atoms. The first-order valence-corrected chi connectivity index (χ1v) is 7.28. The maximum absolute atomic E-state index is 9.91. The number of hydrogen-bond acceptors (Lipinski definition) is 6.